The van der Waals surface area contributed by atoms with Crippen LogP contribution in [-0.4, -0.2) is 41.9 Å². The molecule has 3 nitrogen and oxygen atoms in total. The van der Waals surface area contributed by atoms with Crippen molar-refractivity contribution >= 4 is 17.7 Å². The fraction of sp³-hybridized carbons (Fsp3) is 0.588. The average Bonchev–Trinajstić information content (AvgIpc) is 2.86. The Kier molecular flexibility index (Phi) is 4.86. The van der Waals surface area contributed by atoms with Crippen LogP contribution in [0.1, 0.15) is 31.2 Å². The Hall–Kier alpha value is -1.00. The summed E-state index contributed by atoms with van der Waals surface area (Å²) < 4.78 is 5.31. The molecule has 1 aromatic carbocycles. The maximum absolute atomic E-state index is 11.1. The van der Waals surface area contributed by atoms with E-state index in [1.807, 2.05) is 11.8 Å². The van der Waals surface area contributed by atoms with Crippen molar-refractivity contribution in [2.24, 2.45) is 0 Å². The highest BCUT2D eigenvalue weighted by Crippen LogP contribution is 2.31. The minimum Gasteiger partial charge on any atom is -0.461 e. The van der Waals surface area contributed by atoms with Crippen LogP contribution in [0.5, 0.6) is 0 Å². The lowest BCUT2D eigenvalue weighted by Crippen LogP contribution is -2.39. The number of esters is 1. The van der Waals surface area contributed by atoms with Crippen molar-refractivity contribution in [2.45, 2.75) is 48.9 Å². The minimum atomic E-state index is -0.0233. The second-order valence-electron chi connectivity index (χ2n) is 6.08. The summed E-state index contributed by atoms with van der Waals surface area (Å²) in [4.78, 5) is 15.0. The quantitative estimate of drug-likeness (QED) is 0.799. The number of aryl methyl sites for hydroxylation is 1. The molecule has 0 N–H and O–H groups in total. The summed E-state index contributed by atoms with van der Waals surface area (Å²) in [5.74, 6) is -0.0233. The van der Waals surface area contributed by atoms with Crippen molar-refractivity contribution in [1.82, 2.24) is 4.90 Å². The van der Waals surface area contributed by atoms with Crippen LogP contribution in [0.2, 0.25) is 0 Å². The third kappa shape index (κ3) is 4.24. The van der Waals surface area contributed by atoms with Gasteiger partial charge in [0.05, 0.1) is 0 Å². The van der Waals surface area contributed by atoms with Crippen LogP contribution in [0.15, 0.2) is 29.2 Å². The molecular formula is C17H23NO2S. The summed E-state index contributed by atoms with van der Waals surface area (Å²) in [6.45, 7) is 5.32. The van der Waals surface area contributed by atoms with Gasteiger partial charge in [-0.15, -0.1) is 11.8 Å². The lowest BCUT2D eigenvalue weighted by molar-refractivity contribution is -0.142. The van der Waals surface area contributed by atoms with E-state index >= 15 is 0 Å². The zero-order valence-corrected chi connectivity index (χ0v) is 13.4. The molecule has 2 aliphatic rings. The van der Waals surface area contributed by atoms with E-state index in [0.29, 0.717) is 11.7 Å². The fourth-order valence-corrected chi connectivity index (χ4v) is 4.33. The largest absolute Gasteiger partial charge is 0.461 e. The van der Waals surface area contributed by atoms with Crippen LogP contribution in [0.25, 0.3) is 0 Å². The van der Waals surface area contributed by atoms with Crippen LogP contribution < -0.4 is 0 Å². The van der Waals surface area contributed by atoms with Gasteiger partial charge in [0.2, 0.25) is 0 Å². The van der Waals surface area contributed by atoms with Gasteiger partial charge in [-0.25, -0.2) is 0 Å². The highest BCUT2D eigenvalue weighted by molar-refractivity contribution is 8.00. The summed E-state index contributed by atoms with van der Waals surface area (Å²) in [5, 5.41) is 0.717. The van der Waals surface area contributed by atoms with Crippen molar-refractivity contribution in [3.05, 3.63) is 29.8 Å². The van der Waals surface area contributed by atoms with Crippen molar-refractivity contribution < 1.29 is 9.53 Å². The second kappa shape index (κ2) is 6.84. The monoisotopic (exact) mass is 305 g/mol. The first-order valence-electron chi connectivity index (χ1n) is 7.84. The molecular weight excluding hydrogens is 282 g/mol. The smallest absolute Gasteiger partial charge is 0.306 e. The normalized spacial score (nSPS) is 24.2. The molecule has 2 heterocycles. The minimum absolute atomic E-state index is 0.0233. The SMILES string of the molecule is Cc1cccc(SC2CCN(C[C@H]3CCC(=O)O3)CC2)c1. The van der Waals surface area contributed by atoms with Gasteiger partial charge in [-0.2, -0.15) is 0 Å². The van der Waals surface area contributed by atoms with E-state index in [-0.39, 0.29) is 12.1 Å². The van der Waals surface area contributed by atoms with Gasteiger partial charge >= 0.3 is 5.97 Å². The second-order valence-corrected chi connectivity index (χ2v) is 7.46. The Bertz CT molecular complexity index is 497. The number of rotatable bonds is 4. The summed E-state index contributed by atoms with van der Waals surface area (Å²) in [6, 6.07) is 8.77. The molecule has 2 fully saturated rings. The Labute approximate surface area is 131 Å². The Morgan fingerprint density at radius 2 is 2.10 bits per heavy atom. The van der Waals surface area contributed by atoms with Gasteiger partial charge in [0, 0.05) is 23.1 Å². The molecule has 3 rings (SSSR count). The molecule has 1 aromatic rings. The standard InChI is InChI=1S/C17H23NO2S/c1-13-3-2-4-16(11-13)21-15-7-9-18(10-8-15)12-14-5-6-17(19)20-14/h2-4,11,14-15H,5-10,12H2,1H3/t14-/m1/s1. The summed E-state index contributed by atoms with van der Waals surface area (Å²) in [6.07, 6.45) is 4.08. The molecule has 0 saturated carbocycles. The van der Waals surface area contributed by atoms with E-state index in [9.17, 15) is 4.79 Å². The maximum atomic E-state index is 11.1. The molecule has 1 atom stereocenters. The van der Waals surface area contributed by atoms with Gasteiger partial charge in [-0.3, -0.25) is 9.69 Å². The van der Waals surface area contributed by atoms with E-state index in [4.69, 9.17) is 4.74 Å². The molecule has 0 aromatic heterocycles. The number of cyclic esters (lactones) is 1. The number of benzene rings is 1. The van der Waals surface area contributed by atoms with E-state index in [2.05, 4.69) is 36.1 Å². The molecule has 0 amide bonds. The van der Waals surface area contributed by atoms with Crippen molar-refractivity contribution in [1.29, 1.82) is 0 Å². The predicted octanol–water partition coefficient (Wildman–Crippen LogP) is 3.26. The molecule has 2 aliphatic heterocycles. The first-order chi connectivity index (χ1) is 10.2. The van der Waals surface area contributed by atoms with Crippen molar-refractivity contribution in [2.75, 3.05) is 19.6 Å². The van der Waals surface area contributed by atoms with E-state index in [0.717, 1.165) is 26.1 Å². The van der Waals surface area contributed by atoms with Crippen molar-refractivity contribution in [3.8, 4) is 0 Å². The van der Waals surface area contributed by atoms with Crippen LogP contribution in [0.3, 0.4) is 0 Å². The molecule has 0 unspecified atom stereocenters. The third-order valence-electron chi connectivity index (χ3n) is 4.26. The van der Waals surface area contributed by atoms with Gasteiger partial charge in [-0.1, -0.05) is 17.7 Å². The van der Waals surface area contributed by atoms with E-state index in [1.165, 1.54) is 23.3 Å². The lowest BCUT2D eigenvalue weighted by atomic mass is 10.1. The van der Waals surface area contributed by atoms with E-state index in [1.54, 1.807) is 0 Å². The molecule has 0 radical (unpaired) electrons. The van der Waals surface area contributed by atoms with Crippen LogP contribution >= 0.6 is 11.8 Å². The van der Waals surface area contributed by atoms with Gasteiger partial charge in [-0.05, 0) is 51.4 Å². The molecule has 4 heteroatoms. The number of nitrogens with zero attached hydrogens (tertiary/aromatic N) is 1. The van der Waals surface area contributed by atoms with Crippen LogP contribution in [0, 0.1) is 6.92 Å². The zero-order valence-electron chi connectivity index (χ0n) is 12.6. The Morgan fingerprint density at radius 3 is 2.76 bits per heavy atom. The molecule has 2 saturated heterocycles. The number of carbonyl (C=O) groups is 1. The van der Waals surface area contributed by atoms with Crippen LogP contribution in [0.4, 0.5) is 0 Å². The van der Waals surface area contributed by atoms with Gasteiger partial charge < -0.3 is 4.74 Å². The van der Waals surface area contributed by atoms with Gasteiger partial charge in [0.1, 0.15) is 6.10 Å². The topological polar surface area (TPSA) is 29.5 Å². The fourth-order valence-electron chi connectivity index (χ4n) is 3.09. The highest BCUT2D eigenvalue weighted by Gasteiger charge is 2.27. The third-order valence-corrected chi connectivity index (χ3v) is 5.59. The molecule has 0 aliphatic carbocycles. The molecule has 0 bridgehead atoms. The molecule has 21 heavy (non-hydrogen) atoms. The number of ether oxygens (including phenoxy) is 1. The summed E-state index contributed by atoms with van der Waals surface area (Å²) in [7, 11) is 0. The molecule has 114 valence electrons. The number of hydrogen-bond donors (Lipinski definition) is 0. The Balaban J connectivity index is 1.43. The van der Waals surface area contributed by atoms with Gasteiger partial charge in [0.25, 0.3) is 0 Å². The summed E-state index contributed by atoms with van der Waals surface area (Å²) in [5.41, 5.74) is 1.33. The predicted molar refractivity (Wildman–Crippen MR) is 85.6 cm³/mol. The average molecular weight is 305 g/mol. The zero-order chi connectivity index (χ0) is 14.7. The highest BCUT2D eigenvalue weighted by atomic mass is 32.2. The number of thioether (sulfide) groups is 1. The van der Waals surface area contributed by atoms with Crippen molar-refractivity contribution in [3.63, 3.8) is 0 Å². The molecule has 0 spiro atoms. The first-order valence-corrected chi connectivity index (χ1v) is 8.72. The van der Waals surface area contributed by atoms with E-state index < -0.39 is 0 Å². The number of piperidine rings is 1. The van der Waals surface area contributed by atoms with Crippen LogP contribution in [-0.2, 0) is 9.53 Å². The summed E-state index contributed by atoms with van der Waals surface area (Å²) >= 11 is 2.01. The Morgan fingerprint density at radius 1 is 1.29 bits per heavy atom. The lowest BCUT2D eigenvalue weighted by Gasteiger charge is -2.32. The number of likely N-dealkylation sites (tertiary alicyclic amines) is 1. The maximum Gasteiger partial charge on any atom is 0.306 e. The number of carbonyl (C=O) groups excluding carboxylic acids is 1. The number of hydrogen-bond acceptors (Lipinski definition) is 4. The van der Waals surface area contributed by atoms with Gasteiger partial charge in [0.15, 0.2) is 0 Å². The first kappa shape index (κ1) is 14.9.